The Labute approximate surface area is 130 Å². The van der Waals surface area contributed by atoms with E-state index >= 15 is 0 Å². The zero-order valence-corrected chi connectivity index (χ0v) is 12.4. The average molecular weight is 318 g/mol. The highest BCUT2D eigenvalue weighted by Gasteiger charge is 2.13. The van der Waals surface area contributed by atoms with E-state index < -0.39 is 6.10 Å². The summed E-state index contributed by atoms with van der Waals surface area (Å²) in [7, 11) is 0. The van der Waals surface area contributed by atoms with Crippen LogP contribution < -0.4 is 10.3 Å². The second kappa shape index (κ2) is 6.17. The molecule has 7 nitrogen and oxygen atoms in total. The fraction of sp³-hybridized carbons (Fsp3) is 0.267. The number of nitrogens with zero attached hydrogens (tertiary/aromatic N) is 4. The van der Waals surface area contributed by atoms with Crippen molar-refractivity contribution in [3.8, 4) is 5.75 Å². The number of aliphatic hydroxyl groups is 1. The lowest BCUT2D eigenvalue weighted by Gasteiger charge is -2.16. The van der Waals surface area contributed by atoms with Crippen LogP contribution in [-0.4, -0.2) is 37.0 Å². The molecule has 0 unspecified atom stereocenters. The zero-order chi connectivity index (χ0) is 16.4. The minimum absolute atomic E-state index is 0.0253. The number of benzene rings is 1. The smallest absolute Gasteiger partial charge is 0.275 e. The lowest BCUT2D eigenvalue weighted by atomic mass is 10.3. The first-order chi connectivity index (χ1) is 11.0. The Kier molecular flexibility index (Phi) is 4.07. The molecule has 2 heterocycles. The van der Waals surface area contributed by atoms with E-state index in [2.05, 4.69) is 10.1 Å². The van der Waals surface area contributed by atoms with Crippen molar-refractivity contribution in [3.63, 3.8) is 0 Å². The summed E-state index contributed by atoms with van der Waals surface area (Å²) in [6, 6.07) is 6.97. The number of fused-ring (bicyclic) bond motifs is 1. The van der Waals surface area contributed by atoms with Gasteiger partial charge in [-0.2, -0.15) is 14.6 Å². The fourth-order valence-corrected chi connectivity index (χ4v) is 2.26. The Morgan fingerprint density at radius 3 is 2.83 bits per heavy atom. The van der Waals surface area contributed by atoms with E-state index in [-0.39, 0.29) is 24.5 Å². The highest BCUT2D eigenvalue weighted by Crippen LogP contribution is 2.12. The minimum Gasteiger partial charge on any atom is -0.491 e. The second-order valence-corrected chi connectivity index (χ2v) is 5.13. The van der Waals surface area contributed by atoms with Crippen molar-refractivity contribution in [2.75, 3.05) is 6.61 Å². The Bertz CT molecular complexity index is 873. The van der Waals surface area contributed by atoms with Gasteiger partial charge in [-0.05, 0) is 31.2 Å². The number of hydrogen-bond acceptors (Lipinski definition) is 5. The lowest BCUT2D eigenvalue weighted by Crippen LogP contribution is -2.28. The summed E-state index contributed by atoms with van der Waals surface area (Å²) < 4.78 is 21.1. The summed E-state index contributed by atoms with van der Waals surface area (Å²) in [5.74, 6) is 0.474. The molecule has 3 rings (SSSR count). The monoisotopic (exact) mass is 318 g/mol. The van der Waals surface area contributed by atoms with Crippen LogP contribution in [0.2, 0.25) is 0 Å². The van der Waals surface area contributed by atoms with Crippen molar-refractivity contribution < 1.29 is 14.2 Å². The van der Waals surface area contributed by atoms with Crippen LogP contribution >= 0.6 is 0 Å². The van der Waals surface area contributed by atoms with Gasteiger partial charge in [0.05, 0.1) is 6.54 Å². The van der Waals surface area contributed by atoms with Crippen LogP contribution in [-0.2, 0) is 6.54 Å². The first kappa shape index (κ1) is 15.2. The molecule has 23 heavy (non-hydrogen) atoms. The number of aromatic nitrogens is 4. The fourth-order valence-electron chi connectivity index (χ4n) is 2.26. The normalized spacial score (nSPS) is 12.5. The maximum absolute atomic E-state index is 12.8. The molecule has 0 bridgehead atoms. The molecule has 0 spiro atoms. The molecule has 8 heteroatoms. The summed E-state index contributed by atoms with van der Waals surface area (Å²) >= 11 is 0. The van der Waals surface area contributed by atoms with E-state index in [1.54, 1.807) is 11.5 Å². The Morgan fingerprint density at radius 1 is 1.35 bits per heavy atom. The highest BCUT2D eigenvalue weighted by atomic mass is 19.1. The van der Waals surface area contributed by atoms with Crippen molar-refractivity contribution in [2.45, 2.75) is 19.6 Å². The average Bonchev–Trinajstić information content (AvgIpc) is 3.01. The van der Waals surface area contributed by atoms with Crippen LogP contribution in [0.25, 0.3) is 5.78 Å². The first-order valence-corrected chi connectivity index (χ1v) is 7.01. The predicted octanol–water partition coefficient (Wildman–Crippen LogP) is 0.778. The van der Waals surface area contributed by atoms with Gasteiger partial charge in [0.15, 0.2) is 0 Å². The van der Waals surface area contributed by atoms with Gasteiger partial charge in [0, 0.05) is 11.8 Å². The summed E-state index contributed by atoms with van der Waals surface area (Å²) in [5.41, 5.74) is 0.389. The van der Waals surface area contributed by atoms with Gasteiger partial charge in [-0.25, -0.2) is 4.39 Å². The third-order valence-corrected chi connectivity index (χ3v) is 3.39. The van der Waals surface area contributed by atoms with E-state index in [0.29, 0.717) is 17.2 Å². The van der Waals surface area contributed by atoms with E-state index in [9.17, 15) is 14.3 Å². The van der Waals surface area contributed by atoms with Crippen LogP contribution in [0.15, 0.2) is 41.5 Å². The molecule has 2 aromatic heterocycles. The SMILES string of the molecule is Cc1cc(=O)n2ncnc2n1C[C@H](O)COc1ccc(F)cc1. The Hall–Kier alpha value is -2.74. The van der Waals surface area contributed by atoms with Gasteiger partial charge in [0.1, 0.15) is 30.6 Å². The summed E-state index contributed by atoms with van der Waals surface area (Å²) in [6.07, 6.45) is 0.454. The second-order valence-electron chi connectivity index (χ2n) is 5.13. The third-order valence-electron chi connectivity index (χ3n) is 3.39. The van der Waals surface area contributed by atoms with Crippen LogP contribution in [0.1, 0.15) is 5.69 Å². The molecule has 0 aliphatic heterocycles. The molecule has 0 aliphatic carbocycles. The van der Waals surface area contributed by atoms with Crippen molar-refractivity contribution in [2.24, 2.45) is 0 Å². The summed E-state index contributed by atoms with van der Waals surface area (Å²) in [6.45, 7) is 1.97. The molecule has 0 saturated carbocycles. The molecule has 1 atom stereocenters. The van der Waals surface area contributed by atoms with Crippen LogP contribution in [0.5, 0.6) is 5.75 Å². The molecule has 0 fully saturated rings. The zero-order valence-electron chi connectivity index (χ0n) is 12.4. The molecule has 3 aromatic rings. The molecule has 0 amide bonds. The molecule has 0 saturated heterocycles. The predicted molar refractivity (Wildman–Crippen MR) is 79.9 cm³/mol. The van der Waals surface area contributed by atoms with Gasteiger partial charge in [-0.15, -0.1) is 0 Å². The van der Waals surface area contributed by atoms with Crippen LogP contribution in [0, 0.1) is 12.7 Å². The third kappa shape index (κ3) is 3.21. The van der Waals surface area contributed by atoms with E-state index in [1.807, 2.05) is 0 Å². The highest BCUT2D eigenvalue weighted by molar-refractivity contribution is 5.29. The summed E-state index contributed by atoms with van der Waals surface area (Å²) in [5, 5.41) is 14.0. The lowest BCUT2D eigenvalue weighted by molar-refractivity contribution is 0.0924. The number of aliphatic hydroxyl groups excluding tert-OH is 1. The van der Waals surface area contributed by atoms with Gasteiger partial charge in [0.25, 0.3) is 5.56 Å². The minimum atomic E-state index is -0.832. The quantitative estimate of drug-likeness (QED) is 0.752. The van der Waals surface area contributed by atoms with Crippen molar-refractivity contribution in [3.05, 3.63) is 58.5 Å². The molecular weight excluding hydrogens is 303 g/mol. The van der Waals surface area contributed by atoms with Gasteiger partial charge < -0.3 is 14.4 Å². The molecule has 1 aromatic carbocycles. The topological polar surface area (TPSA) is 81.7 Å². The first-order valence-electron chi connectivity index (χ1n) is 7.01. The van der Waals surface area contributed by atoms with Crippen molar-refractivity contribution in [1.82, 2.24) is 19.2 Å². The molecule has 120 valence electrons. The Balaban J connectivity index is 1.73. The van der Waals surface area contributed by atoms with Crippen molar-refractivity contribution >= 4 is 5.78 Å². The molecule has 0 aliphatic rings. The Morgan fingerprint density at radius 2 is 2.09 bits per heavy atom. The summed E-state index contributed by atoms with van der Waals surface area (Å²) in [4.78, 5) is 15.8. The molecular formula is C15H15FN4O3. The number of aryl methyl sites for hydroxylation is 1. The van der Waals surface area contributed by atoms with Gasteiger partial charge in [0.2, 0.25) is 5.78 Å². The number of ether oxygens (including phenoxy) is 1. The van der Waals surface area contributed by atoms with Gasteiger partial charge in [-0.1, -0.05) is 0 Å². The van der Waals surface area contributed by atoms with Gasteiger partial charge in [-0.3, -0.25) is 4.79 Å². The van der Waals surface area contributed by atoms with Crippen LogP contribution in [0.4, 0.5) is 4.39 Å². The van der Waals surface area contributed by atoms with Gasteiger partial charge >= 0.3 is 0 Å². The standard InChI is InChI=1S/C15H15FN4O3/c1-10-6-14(22)20-15(17-9-18-20)19(10)7-12(21)8-23-13-4-2-11(16)3-5-13/h2-6,9,12,21H,7-8H2,1H3/t12-/m0/s1. The largest absolute Gasteiger partial charge is 0.491 e. The molecule has 0 radical (unpaired) electrons. The van der Waals surface area contributed by atoms with Crippen molar-refractivity contribution in [1.29, 1.82) is 0 Å². The molecule has 1 N–H and O–H groups in total. The number of rotatable bonds is 5. The van der Waals surface area contributed by atoms with E-state index in [0.717, 1.165) is 0 Å². The number of halogens is 1. The van der Waals surface area contributed by atoms with E-state index in [4.69, 9.17) is 4.74 Å². The van der Waals surface area contributed by atoms with E-state index in [1.165, 1.54) is 41.2 Å². The number of hydrogen-bond donors (Lipinski definition) is 1. The van der Waals surface area contributed by atoms with Crippen LogP contribution in [0.3, 0.4) is 0 Å². The maximum Gasteiger partial charge on any atom is 0.275 e. The maximum atomic E-state index is 12.8.